The number of fused-ring (bicyclic) bond motifs is 1. The van der Waals surface area contributed by atoms with Crippen molar-refractivity contribution in [1.29, 1.82) is 0 Å². The van der Waals surface area contributed by atoms with E-state index >= 15 is 0 Å². The number of phenols is 1. The van der Waals surface area contributed by atoms with Crippen LogP contribution in [0.25, 0.3) is 22.3 Å². The van der Waals surface area contributed by atoms with E-state index in [9.17, 15) is 15.0 Å². The number of carboxylic acids is 1. The number of hydrogen-bond acceptors (Lipinski definition) is 4. The molecule has 0 atom stereocenters. The smallest absolute Gasteiger partial charge is 0.341 e. The molecule has 2 aromatic carbocycles. The SMILES string of the molecule is O=C(O)c1c(O)c(Br)cc2ncc(-c3ccccc3)nc12. The Hall–Kier alpha value is -2.47. The summed E-state index contributed by atoms with van der Waals surface area (Å²) in [5, 5.41) is 19.2. The van der Waals surface area contributed by atoms with Gasteiger partial charge in [0.2, 0.25) is 0 Å². The monoisotopic (exact) mass is 344 g/mol. The number of carboxylic acid groups (broad SMARTS) is 1. The summed E-state index contributed by atoms with van der Waals surface area (Å²) in [5.74, 6) is -1.60. The average molecular weight is 345 g/mol. The molecule has 0 aliphatic carbocycles. The number of nitrogens with zero attached hydrogens (tertiary/aromatic N) is 2. The number of aromatic hydroxyl groups is 1. The van der Waals surface area contributed by atoms with E-state index in [-0.39, 0.29) is 21.3 Å². The van der Waals surface area contributed by atoms with Gasteiger partial charge in [-0.25, -0.2) is 9.78 Å². The highest BCUT2D eigenvalue weighted by Gasteiger charge is 2.20. The number of aromatic nitrogens is 2. The minimum Gasteiger partial charge on any atom is -0.506 e. The zero-order valence-corrected chi connectivity index (χ0v) is 12.2. The van der Waals surface area contributed by atoms with Crippen molar-refractivity contribution in [2.24, 2.45) is 0 Å². The van der Waals surface area contributed by atoms with E-state index in [2.05, 4.69) is 25.9 Å². The van der Waals surface area contributed by atoms with E-state index in [1.807, 2.05) is 30.3 Å². The summed E-state index contributed by atoms with van der Waals surface area (Å²) >= 11 is 3.12. The molecule has 1 heterocycles. The van der Waals surface area contributed by atoms with Gasteiger partial charge in [0, 0.05) is 5.56 Å². The molecule has 104 valence electrons. The van der Waals surface area contributed by atoms with Crippen LogP contribution in [0, 0.1) is 0 Å². The Balaban J connectivity index is 2.33. The minimum atomic E-state index is -1.25. The predicted molar refractivity (Wildman–Crippen MR) is 81.3 cm³/mol. The highest BCUT2D eigenvalue weighted by molar-refractivity contribution is 9.10. The zero-order chi connectivity index (χ0) is 15.0. The van der Waals surface area contributed by atoms with E-state index in [0.717, 1.165) is 5.56 Å². The Morgan fingerprint density at radius 1 is 1.19 bits per heavy atom. The largest absolute Gasteiger partial charge is 0.506 e. The maximum absolute atomic E-state index is 11.4. The van der Waals surface area contributed by atoms with Crippen LogP contribution in [-0.4, -0.2) is 26.2 Å². The molecule has 6 heteroatoms. The molecule has 2 N–H and O–H groups in total. The van der Waals surface area contributed by atoms with Gasteiger partial charge in [-0.3, -0.25) is 4.98 Å². The van der Waals surface area contributed by atoms with Crippen LogP contribution in [0.5, 0.6) is 5.75 Å². The van der Waals surface area contributed by atoms with Gasteiger partial charge in [-0.1, -0.05) is 30.3 Å². The molecule has 0 amide bonds. The molecule has 0 aliphatic rings. The summed E-state index contributed by atoms with van der Waals surface area (Å²) in [7, 11) is 0. The van der Waals surface area contributed by atoms with Gasteiger partial charge in [0.15, 0.2) is 0 Å². The molecule has 0 radical (unpaired) electrons. The lowest BCUT2D eigenvalue weighted by molar-refractivity contribution is 0.0695. The summed E-state index contributed by atoms with van der Waals surface area (Å²) < 4.78 is 0.272. The normalized spacial score (nSPS) is 10.7. The first-order valence-corrected chi connectivity index (χ1v) is 6.84. The summed E-state index contributed by atoms with van der Waals surface area (Å²) in [4.78, 5) is 20.0. The van der Waals surface area contributed by atoms with Gasteiger partial charge in [-0.2, -0.15) is 0 Å². The Morgan fingerprint density at radius 2 is 1.90 bits per heavy atom. The quantitative estimate of drug-likeness (QED) is 0.743. The first kappa shape index (κ1) is 13.5. The van der Waals surface area contributed by atoms with Crippen molar-refractivity contribution in [3.8, 4) is 17.0 Å². The summed E-state index contributed by atoms with van der Waals surface area (Å²) in [5.41, 5.74) is 1.67. The molecule has 0 fully saturated rings. The maximum Gasteiger partial charge on any atom is 0.341 e. The van der Waals surface area contributed by atoms with E-state index in [4.69, 9.17) is 0 Å². The Kier molecular flexibility index (Phi) is 3.31. The lowest BCUT2D eigenvalue weighted by Gasteiger charge is -2.08. The van der Waals surface area contributed by atoms with Crippen molar-refractivity contribution in [2.45, 2.75) is 0 Å². The Bertz CT molecular complexity index is 850. The second kappa shape index (κ2) is 5.14. The molecule has 0 saturated carbocycles. The van der Waals surface area contributed by atoms with Crippen molar-refractivity contribution in [1.82, 2.24) is 9.97 Å². The van der Waals surface area contributed by atoms with E-state index in [1.165, 1.54) is 0 Å². The molecule has 0 unspecified atom stereocenters. The van der Waals surface area contributed by atoms with Crippen molar-refractivity contribution >= 4 is 32.9 Å². The fraction of sp³-hybridized carbons (Fsp3) is 0. The van der Waals surface area contributed by atoms with Crippen LogP contribution in [0.2, 0.25) is 0 Å². The van der Waals surface area contributed by atoms with Crippen LogP contribution in [0.1, 0.15) is 10.4 Å². The number of rotatable bonds is 2. The molecule has 3 aromatic rings. The standard InChI is InChI=1S/C15H9BrN2O3/c16-9-6-10-13(12(14(9)19)15(20)21)18-11(7-17-10)8-4-2-1-3-5-8/h1-7,19H,(H,20,21). The predicted octanol–water partition coefficient (Wildman–Crippen LogP) is 3.46. The summed E-state index contributed by atoms with van der Waals surface area (Å²) in [6.07, 6.45) is 1.58. The lowest BCUT2D eigenvalue weighted by Crippen LogP contribution is -2.02. The number of halogens is 1. The molecule has 3 rings (SSSR count). The molecule has 1 aromatic heterocycles. The second-order valence-electron chi connectivity index (χ2n) is 4.38. The van der Waals surface area contributed by atoms with Gasteiger partial charge in [0.05, 0.1) is 21.9 Å². The van der Waals surface area contributed by atoms with Crippen LogP contribution in [0.3, 0.4) is 0 Å². The number of hydrogen-bond donors (Lipinski definition) is 2. The molecule has 5 nitrogen and oxygen atoms in total. The molecule has 0 bridgehead atoms. The minimum absolute atomic E-state index is 0.157. The van der Waals surface area contributed by atoms with Crippen molar-refractivity contribution in [3.63, 3.8) is 0 Å². The van der Waals surface area contributed by atoms with Crippen LogP contribution < -0.4 is 0 Å². The first-order chi connectivity index (χ1) is 10.1. The molecular weight excluding hydrogens is 336 g/mol. The third kappa shape index (κ3) is 2.34. The Morgan fingerprint density at radius 3 is 2.57 bits per heavy atom. The molecule has 21 heavy (non-hydrogen) atoms. The van der Waals surface area contributed by atoms with Crippen LogP contribution in [-0.2, 0) is 0 Å². The molecule has 0 spiro atoms. The van der Waals surface area contributed by atoms with E-state index < -0.39 is 5.97 Å². The Labute approximate surface area is 128 Å². The maximum atomic E-state index is 11.4. The van der Waals surface area contributed by atoms with Gasteiger partial charge < -0.3 is 10.2 Å². The van der Waals surface area contributed by atoms with Crippen molar-refractivity contribution in [2.75, 3.05) is 0 Å². The van der Waals surface area contributed by atoms with Crippen LogP contribution in [0.15, 0.2) is 47.1 Å². The van der Waals surface area contributed by atoms with Gasteiger partial charge in [0.25, 0.3) is 0 Å². The van der Waals surface area contributed by atoms with Gasteiger partial charge >= 0.3 is 5.97 Å². The highest BCUT2D eigenvalue weighted by Crippen LogP contribution is 2.34. The summed E-state index contributed by atoms with van der Waals surface area (Å²) in [6, 6.07) is 10.9. The van der Waals surface area contributed by atoms with Crippen LogP contribution >= 0.6 is 15.9 Å². The highest BCUT2D eigenvalue weighted by atomic mass is 79.9. The van der Waals surface area contributed by atoms with Gasteiger partial charge in [-0.05, 0) is 22.0 Å². The fourth-order valence-electron chi connectivity index (χ4n) is 2.06. The van der Waals surface area contributed by atoms with Crippen molar-refractivity contribution < 1.29 is 15.0 Å². The first-order valence-electron chi connectivity index (χ1n) is 6.05. The topological polar surface area (TPSA) is 83.3 Å². The van der Waals surface area contributed by atoms with Gasteiger partial charge in [-0.15, -0.1) is 0 Å². The number of aromatic carboxylic acids is 1. The average Bonchev–Trinajstić information content (AvgIpc) is 2.48. The molecule has 0 saturated heterocycles. The lowest BCUT2D eigenvalue weighted by atomic mass is 10.1. The number of benzene rings is 2. The van der Waals surface area contributed by atoms with Crippen molar-refractivity contribution in [3.05, 3.63) is 52.6 Å². The zero-order valence-electron chi connectivity index (χ0n) is 10.6. The molecule has 0 aliphatic heterocycles. The van der Waals surface area contributed by atoms with Crippen LogP contribution in [0.4, 0.5) is 0 Å². The summed E-state index contributed by atoms with van der Waals surface area (Å²) in [6.45, 7) is 0. The third-order valence-corrected chi connectivity index (χ3v) is 3.65. The van der Waals surface area contributed by atoms with Gasteiger partial charge in [0.1, 0.15) is 16.8 Å². The second-order valence-corrected chi connectivity index (χ2v) is 5.23. The third-order valence-electron chi connectivity index (χ3n) is 3.05. The fourth-order valence-corrected chi connectivity index (χ4v) is 2.47. The number of carbonyl (C=O) groups is 1. The molecular formula is C15H9BrN2O3. The van der Waals surface area contributed by atoms with E-state index in [1.54, 1.807) is 12.3 Å². The van der Waals surface area contributed by atoms with E-state index in [0.29, 0.717) is 11.2 Å².